The summed E-state index contributed by atoms with van der Waals surface area (Å²) in [6.45, 7) is 4.60. The smallest absolute Gasteiger partial charge is 0.355 e. The fourth-order valence-electron chi connectivity index (χ4n) is 3.04. The minimum atomic E-state index is -4.32. The van der Waals surface area contributed by atoms with Crippen LogP contribution in [0.4, 0.5) is 13.2 Å². The summed E-state index contributed by atoms with van der Waals surface area (Å²) in [5.41, 5.74) is 6.26. The molecule has 4 nitrogen and oxygen atoms in total. The monoisotopic (exact) mass is 343 g/mol. The molecule has 0 spiro atoms. The molecule has 1 aliphatic heterocycles. The molecular weight excluding hydrogens is 319 g/mol. The third-order valence-corrected chi connectivity index (χ3v) is 4.38. The Kier molecular flexibility index (Phi) is 6.23. The van der Waals surface area contributed by atoms with E-state index in [-0.39, 0.29) is 11.8 Å². The molecule has 0 bridgehead atoms. The van der Waals surface area contributed by atoms with E-state index in [2.05, 4.69) is 10.2 Å². The van der Waals surface area contributed by atoms with Crippen molar-refractivity contribution in [1.29, 1.82) is 0 Å². The number of benzene rings is 1. The van der Waals surface area contributed by atoms with Gasteiger partial charge in [-0.25, -0.2) is 0 Å². The summed E-state index contributed by atoms with van der Waals surface area (Å²) in [5, 5.41) is 2.81. The normalized spacial score (nSPS) is 19.3. The van der Waals surface area contributed by atoms with Crippen LogP contribution in [0.5, 0.6) is 0 Å². The number of amides is 1. The minimum absolute atomic E-state index is 0.00860. The van der Waals surface area contributed by atoms with Gasteiger partial charge in [0.2, 0.25) is 5.91 Å². The van der Waals surface area contributed by atoms with E-state index in [1.54, 1.807) is 6.92 Å². The highest BCUT2D eigenvalue weighted by atomic mass is 19.4. The molecule has 1 aromatic rings. The first-order chi connectivity index (χ1) is 11.3. The topological polar surface area (TPSA) is 58.4 Å². The molecule has 1 heterocycles. The van der Waals surface area contributed by atoms with Gasteiger partial charge in [0.1, 0.15) is 0 Å². The van der Waals surface area contributed by atoms with E-state index in [0.717, 1.165) is 31.0 Å². The molecule has 0 aromatic heterocycles. The van der Waals surface area contributed by atoms with E-state index in [1.807, 2.05) is 0 Å². The van der Waals surface area contributed by atoms with Crippen molar-refractivity contribution in [3.8, 4) is 0 Å². The maximum atomic E-state index is 12.7. The van der Waals surface area contributed by atoms with Crippen LogP contribution < -0.4 is 11.1 Å². The Morgan fingerprint density at radius 3 is 2.79 bits per heavy atom. The second-order valence-electron chi connectivity index (χ2n) is 6.29. The molecule has 1 unspecified atom stereocenters. The van der Waals surface area contributed by atoms with Gasteiger partial charge in [0, 0.05) is 26.2 Å². The summed E-state index contributed by atoms with van der Waals surface area (Å²) in [5.74, 6) is -0.0747. The number of piperidine rings is 1. The van der Waals surface area contributed by atoms with Crippen LogP contribution in [-0.2, 0) is 17.5 Å². The molecule has 1 amide bonds. The Morgan fingerprint density at radius 1 is 1.42 bits per heavy atom. The Balaban J connectivity index is 1.99. The van der Waals surface area contributed by atoms with Crippen LogP contribution in [-0.4, -0.2) is 37.0 Å². The minimum Gasteiger partial charge on any atom is -0.355 e. The van der Waals surface area contributed by atoms with Crippen molar-refractivity contribution in [1.82, 2.24) is 10.2 Å². The molecule has 1 atom stereocenters. The molecule has 0 radical (unpaired) electrons. The highest BCUT2D eigenvalue weighted by Crippen LogP contribution is 2.31. The van der Waals surface area contributed by atoms with Crippen LogP contribution in [0.15, 0.2) is 18.2 Å². The van der Waals surface area contributed by atoms with Crippen LogP contribution in [0, 0.1) is 12.8 Å². The van der Waals surface area contributed by atoms with Gasteiger partial charge in [-0.15, -0.1) is 0 Å². The first-order valence-corrected chi connectivity index (χ1v) is 8.18. The Morgan fingerprint density at radius 2 is 2.17 bits per heavy atom. The van der Waals surface area contributed by atoms with E-state index in [4.69, 9.17) is 5.73 Å². The Bertz CT molecular complexity index is 575. The molecule has 0 saturated carbocycles. The molecule has 1 aromatic carbocycles. The Hall–Kier alpha value is -1.60. The van der Waals surface area contributed by atoms with Crippen LogP contribution in [0.25, 0.3) is 0 Å². The number of aryl methyl sites for hydroxylation is 1. The molecule has 7 heteroatoms. The number of nitrogens with two attached hydrogens (primary N) is 1. The van der Waals surface area contributed by atoms with Crippen LogP contribution in [0.3, 0.4) is 0 Å². The lowest BCUT2D eigenvalue weighted by molar-refractivity contribution is -0.137. The van der Waals surface area contributed by atoms with Crippen molar-refractivity contribution in [2.75, 3.05) is 26.2 Å². The van der Waals surface area contributed by atoms with E-state index < -0.39 is 11.7 Å². The van der Waals surface area contributed by atoms with Gasteiger partial charge in [-0.1, -0.05) is 6.07 Å². The molecule has 1 saturated heterocycles. The van der Waals surface area contributed by atoms with E-state index >= 15 is 0 Å². The van der Waals surface area contributed by atoms with Gasteiger partial charge in [-0.05, 0) is 49.6 Å². The van der Waals surface area contributed by atoms with Gasteiger partial charge in [0.15, 0.2) is 0 Å². The average molecular weight is 343 g/mol. The van der Waals surface area contributed by atoms with Crippen molar-refractivity contribution in [3.63, 3.8) is 0 Å². The van der Waals surface area contributed by atoms with Gasteiger partial charge in [-0.2, -0.15) is 13.2 Å². The number of hydrogen-bond acceptors (Lipinski definition) is 3. The SMILES string of the molecule is Cc1cc(C(F)(F)F)ccc1CN1CCCC(C(=O)NCCN)C1. The second kappa shape index (κ2) is 7.98. The number of rotatable bonds is 5. The number of likely N-dealkylation sites (tertiary alicyclic amines) is 1. The number of nitrogens with zero attached hydrogens (tertiary/aromatic N) is 1. The van der Waals surface area contributed by atoms with Gasteiger partial charge in [0.25, 0.3) is 0 Å². The zero-order valence-corrected chi connectivity index (χ0v) is 13.8. The summed E-state index contributed by atoms with van der Waals surface area (Å²) in [4.78, 5) is 14.2. The van der Waals surface area contributed by atoms with Gasteiger partial charge in [0.05, 0.1) is 11.5 Å². The molecule has 1 fully saturated rings. The molecule has 24 heavy (non-hydrogen) atoms. The fraction of sp³-hybridized carbons (Fsp3) is 0.588. The summed E-state index contributed by atoms with van der Waals surface area (Å²) in [6.07, 6.45) is -2.58. The summed E-state index contributed by atoms with van der Waals surface area (Å²) in [6, 6.07) is 3.85. The number of nitrogens with one attached hydrogen (secondary N) is 1. The number of carbonyl (C=O) groups excluding carboxylic acids is 1. The predicted octanol–water partition coefficient (Wildman–Crippen LogP) is 2.30. The zero-order chi connectivity index (χ0) is 17.7. The lowest BCUT2D eigenvalue weighted by Crippen LogP contribution is -2.43. The van der Waals surface area contributed by atoms with Gasteiger partial charge in [-0.3, -0.25) is 9.69 Å². The van der Waals surface area contributed by atoms with Crippen molar-refractivity contribution in [2.45, 2.75) is 32.5 Å². The lowest BCUT2D eigenvalue weighted by Gasteiger charge is -2.32. The van der Waals surface area contributed by atoms with Crippen LogP contribution in [0.2, 0.25) is 0 Å². The predicted molar refractivity (Wildman–Crippen MR) is 86.2 cm³/mol. The largest absolute Gasteiger partial charge is 0.416 e. The molecule has 1 aliphatic rings. The number of hydrogen-bond donors (Lipinski definition) is 2. The third-order valence-electron chi connectivity index (χ3n) is 4.38. The lowest BCUT2D eigenvalue weighted by atomic mass is 9.96. The quantitative estimate of drug-likeness (QED) is 0.862. The van der Waals surface area contributed by atoms with Crippen molar-refractivity contribution in [3.05, 3.63) is 34.9 Å². The first-order valence-electron chi connectivity index (χ1n) is 8.18. The van der Waals surface area contributed by atoms with Crippen LogP contribution >= 0.6 is 0 Å². The van der Waals surface area contributed by atoms with Crippen molar-refractivity contribution < 1.29 is 18.0 Å². The highest BCUT2D eigenvalue weighted by molar-refractivity contribution is 5.78. The maximum Gasteiger partial charge on any atom is 0.416 e. The second-order valence-corrected chi connectivity index (χ2v) is 6.29. The third kappa shape index (κ3) is 4.95. The van der Waals surface area contributed by atoms with Crippen molar-refractivity contribution >= 4 is 5.91 Å². The fourth-order valence-corrected chi connectivity index (χ4v) is 3.04. The van der Waals surface area contributed by atoms with Gasteiger partial charge < -0.3 is 11.1 Å². The molecular formula is C17H24F3N3O. The van der Waals surface area contributed by atoms with Crippen molar-refractivity contribution in [2.24, 2.45) is 11.7 Å². The molecule has 3 N–H and O–H groups in total. The first kappa shape index (κ1) is 18.7. The molecule has 0 aliphatic carbocycles. The number of alkyl halides is 3. The highest BCUT2D eigenvalue weighted by Gasteiger charge is 2.31. The van der Waals surface area contributed by atoms with E-state index in [1.165, 1.54) is 12.1 Å². The Labute approximate surface area is 140 Å². The summed E-state index contributed by atoms with van der Waals surface area (Å²) < 4.78 is 38.2. The standard InChI is InChI=1S/C17H24F3N3O/c1-12-9-15(17(18,19)20)5-4-13(12)10-23-8-2-3-14(11-23)16(24)22-7-6-21/h4-5,9,14H,2-3,6-8,10-11,21H2,1H3,(H,22,24). The maximum absolute atomic E-state index is 12.7. The zero-order valence-electron chi connectivity index (χ0n) is 13.8. The van der Waals surface area contributed by atoms with Gasteiger partial charge >= 0.3 is 6.18 Å². The molecule has 134 valence electrons. The number of halogens is 3. The summed E-state index contributed by atoms with van der Waals surface area (Å²) in [7, 11) is 0. The van der Waals surface area contributed by atoms with Crippen LogP contribution in [0.1, 0.15) is 29.5 Å². The van der Waals surface area contributed by atoms with E-state index in [0.29, 0.717) is 31.7 Å². The average Bonchev–Trinajstić information content (AvgIpc) is 2.53. The summed E-state index contributed by atoms with van der Waals surface area (Å²) >= 11 is 0. The number of carbonyl (C=O) groups is 1. The molecule has 2 rings (SSSR count). The van der Waals surface area contributed by atoms with E-state index in [9.17, 15) is 18.0 Å².